The molecule has 26 heavy (non-hydrogen) atoms. The summed E-state index contributed by atoms with van der Waals surface area (Å²) < 4.78 is 0.835. The maximum absolute atomic E-state index is 12.3. The van der Waals surface area contributed by atoms with Gasteiger partial charge >= 0.3 is 0 Å². The van der Waals surface area contributed by atoms with Crippen LogP contribution in [0.15, 0.2) is 40.2 Å². The Balaban J connectivity index is 1.51. The minimum atomic E-state index is -0.469. The average Bonchev–Trinajstić information content (AvgIpc) is 3.21. The molecule has 1 aromatic carbocycles. The Kier molecular flexibility index (Phi) is 5.73. The van der Waals surface area contributed by atoms with Crippen LogP contribution in [-0.2, 0) is 16.1 Å². The molecule has 1 saturated heterocycles. The van der Waals surface area contributed by atoms with Gasteiger partial charge in [-0.05, 0) is 40.5 Å². The molecule has 1 fully saturated rings. The van der Waals surface area contributed by atoms with Gasteiger partial charge in [-0.2, -0.15) is 0 Å². The van der Waals surface area contributed by atoms with Gasteiger partial charge in [-0.15, -0.1) is 11.3 Å². The van der Waals surface area contributed by atoms with Gasteiger partial charge in [-0.1, -0.05) is 29.8 Å². The number of rotatable bonds is 4. The van der Waals surface area contributed by atoms with Gasteiger partial charge in [0.05, 0.1) is 14.6 Å². The van der Waals surface area contributed by atoms with Crippen molar-refractivity contribution in [2.45, 2.75) is 19.9 Å². The Morgan fingerprint density at radius 1 is 1.19 bits per heavy atom. The van der Waals surface area contributed by atoms with Crippen LogP contribution in [0.1, 0.15) is 27.2 Å². The van der Waals surface area contributed by atoms with Gasteiger partial charge in [0.1, 0.15) is 0 Å². The number of hydrogen-bond acceptors (Lipinski definition) is 4. The Bertz CT molecular complexity index is 834. The van der Waals surface area contributed by atoms with Crippen LogP contribution in [0.2, 0.25) is 0 Å². The number of likely N-dealkylation sites (tertiary alicyclic amines) is 1. The molecule has 1 atom stereocenters. The second kappa shape index (κ2) is 8.01. The smallest absolute Gasteiger partial charge is 0.279 e. The Morgan fingerprint density at radius 3 is 2.58 bits per heavy atom. The topological polar surface area (TPSA) is 78.5 Å². The first-order valence-corrected chi connectivity index (χ1v) is 9.72. The average molecular weight is 436 g/mol. The van der Waals surface area contributed by atoms with Crippen LogP contribution >= 0.6 is 27.3 Å². The summed E-state index contributed by atoms with van der Waals surface area (Å²) in [7, 11) is 0. The number of halogens is 1. The fourth-order valence-electron chi connectivity index (χ4n) is 2.73. The molecule has 1 unspecified atom stereocenters. The third kappa shape index (κ3) is 4.50. The van der Waals surface area contributed by atoms with Crippen LogP contribution in [0.3, 0.4) is 0 Å². The summed E-state index contributed by atoms with van der Waals surface area (Å²) in [5.74, 6) is -1.26. The molecule has 2 heterocycles. The number of carbonyl (C=O) groups excluding carboxylic acids is 3. The van der Waals surface area contributed by atoms with Gasteiger partial charge in [0.25, 0.3) is 5.91 Å². The summed E-state index contributed by atoms with van der Waals surface area (Å²) in [5, 5.41) is 0. The van der Waals surface area contributed by atoms with E-state index in [9.17, 15) is 14.4 Å². The van der Waals surface area contributed by atoms with Crippen molar-refractivity contribution in [3.05, 3.63) is 56.2 Å². The molecule has 0 bridgehead atoms. The summed E-state index contributed by atoms with van der Waals surface area (Å²) in [5.41, 5.74) is 7.00. The van der Waals surface area contributed by atoms with E-state index in [1.807, 2.05) is 31.2 Å². The van der Waals surface area contributed by atoms with Crippen LogP contribution in [-0.4, -0.2) is 29.2 Å². The monoisotopic (exact) mass is 435 g/mol. The first kappa shape index (κ1) is 18.6. The van der Waals surface area contributed by atoms with E-state index in [1.165, 1.54) is 11.3 Å². The van der Waals surface area contributed by atoms with E-state index >= 15 is 0 Å². The Labute approximate surface area is 163 Å². The molecule has 136 valence electrons. The number of amides is 3. The van der Waals surface area contributed by atoms with Crippen molar-refractivity contribution >= 4 is 45.0 Å². The highest BCUT2D eigenvalue weighted by Gasteiger charge is 2.34. The molecule has 8 heteroatoms. The molecular weight excluding hydrogens is 418 g/mol. The van der Waals surface area contributed by atoms with Crippen molar-refractivity contribution in [3.8, 4) is 0 Å². The molecule has 1 aromatic heterocycles. The van der Waals surface area contributed by atoms with Crippen molar-refractivity contribution in [2.75, 3.05) is 6.54 Å². The number of nitrogens with one attached hydrogen (secondary N) is 2. The van der Waals surface area contributed by atoms with Crippen LogP contribution in [0.25, 0.3) is 0 Å². The Hall–Kier alpha value is -2.19. The molecule has 1 aliphatic rings. The normalized spacial score (nSPS) is 16.6. The fraction of sp³-hybridized carbons (Fsp3) is 0.278. The summed E-state index contributed by atoms with van der Waals surface area (Å²) in [6.07, 6.45) is 0.151. The third-order valence-corrected chi connectivity index (χ3v) is 5.80. The van der Waals surface area contributed by atoms with Crippen molar-refractivity contribution in [1.82, 2.24) is 15.8 Å². The van der Waals surface area contributed by atoms with Gasteiger partial charge in [-0.25, -0.2) is 0 Å². The predicted octanol–water partition coefficient (Wildman–Crippen LogP) is 2.63. The summed E-state index contributed by atoms with van der Waals surface area (Å²) >= 11 is 4.56. The third-order valence-electron chi connectivity index (χ3n) is 4.18. The van der Waals surface area contributed by atoms with E-state index in [-0.39, 0.29) is 24.1 Å². The lowest BCUT2D eigenvalue weighted by Gasteiger charge is -2.17. The van der Waals surface area contributed by atoms with E-state index in [0.717, 1.165) is 14.9 Å². The largest absolute Gasteiger partial charge is 0.338 e. The number of benzene rings is 1. The summed E-state index contributed by atoms with van der Waals surface area (Å²) in [6, 6.07) is 11.4. The lowest BCUT2D eigenvalue weighted by Crippen LogP contribution is -2.44. The van der Waals surface area contributed by atoms with E-state index in [2.05, 4.69) is 26.8 Å². The number of aryl methyl sites for hydroxylation is 1. The molecule has 3 amide bonds. The van der Waals surface area contributed by atoms with Gasteiger partial charge in [0.2, 0.25) is 11.8 Å². The zero-order chi connectivity index (χ0) is 18.7. The van der Waals surface area contributed by atoms with Crippen LogP contribution in [0.4, 0.5) is 0 Å². The van der Waals surface area contributed by atoms with Crippen LogP contribution in [0, 0.1) is 12.8 Å². The van der Waals surface area contributed by atoms with Crippen LogP contribution in [0.5, 0.6) is 0 Å². The van der Waals surface area contributed by atoms with Gasteiger partial charge in [-0.3, -0.25) is 25.2 Å². The maximum atomic E-state index is 12.3. The first-order valence-electron chi connectivity index (χ1n) is 8.11. The first-order chi connectivity index (χ1) is 12.4. The highest BCUT2D eigenvalue weighted by molar-refractivity contribution is 9.11. The number of thiophene rings is 1. The van der Waals surface area contributed by atoms with E-state index < -0.39 is 5.92 Å². The zero-order valence-electron chi connectivity index (χ0n) is 14.1. The molecule has 0 spiro atoms. The lowest BCUT2D eigenvalue weighted by atomic mass is 10.1. The molecule has 1 aliphatic heterocycles. The Morgan fingerprint density at radius 2 is 1.92 bits per heavy atom. The van der Waals surface area contributed by atoms with Crippen molar-refractivity contribution in [2.24, 2.45) is 5.92 Å². The minimum Gasteiger partial charge on any atom is -0.338 e. The fourth-order valence-corrected chi connectivity index (χ4v) is 4.01. The number of nitrogens with zero attached hydrogens (tertiary/aromatic N) is 1. The van der Waals surface area contributed by atoms with Gasteiger partial charge in [0, 0.05) is 19.5 Å². The molecule has 2 aromatic rings. The molecule has 3 rings (SSSR count). The van der Waals surface area contributed by atoms with E-state index in [4.69, 9.17) is 0 Å². The summed E-state index contributed by atoms with van der Waals surface area (Å²) in [4.78, 5) is 38.6. The van der Waals surface area contributed by atoms with E-state index in [1.54, 1.807) is 17.0 Å². The highest BCUT2D eigenvalue weighted by Crippen LogP contribution is 2.22. The van der Waals surface area contributed by atoms with Crippen molar-refractivity contribution in [3.63, 3.8) is 0 Å². The van der Waals surface area contributed by atoms with E-state index in [0.29, 0.717) is 18.0 Å². The second-order valence-electron chi connectivity index (χ2n) is 6.21. The molecule has 0 saturated carbocycles. The molecule has 0 aliphatic carbocycles. The molecule has 0 radical (unpaired) electrons. The molecule has 2 N–H and O–H groups in total. The van der Waals surface area contributed by atoms with Crippen LogP contribution < -0.4 is 10.9 Å². The van der Waals surface area contributed by atoms with Crippen molar-refractivity contribution < 1.29 is 14.4 Å². The second-order valence-corrected chi connectivity index (χ2v) is 8.67. The van der Waals surface area contributed by atoms with Gasteiger partial charge < -0.3 is 4.90 Å². The standard InChI is InChI=1S/C18H18BrN3O3S/c1-11-2-4-12(5-3-11)9-22-10-13(8-16(22)23)17(24)20-21-18(25)14-6-7-15(19)26-14/h2-7,13H,8-10H2,1H3,(H,20,24)(H,21,25). The quantitative estimate of drug-likeness (QED) is 0.724. The SMILES string of the molecule is Cc1ccc(CN2CC(C(=O)NNC(=O)c3ccc(Br)s3)CC2=O)cc1. The maximum Gasteiger partial charge on any atom is 0.279 e. The number of hydrazine groups is 1. The number of hydrogen-bond donors (Lipinski definition) is 2. The van der Waals surface area contributed by atoms with Gasteiger partial charge in [0.15, 0.2) is 0 Å². The number of carbonyl (C=O) groups is 3. The lowest BCUT2D eigenvalue weighted by molar-refractivity contribution is -0.129. The predicted molar refractivity (Wildman–Crippen MR) is 102 cm³/mol. The summed E-state index contributed by atoms with van der Waals surface area (Å²) in [6.45, 7) is 2.84. The molecular formula is C18H18BrN3O3S. The zero-order valence-corrected chi connectivity index (χ0v) is 16.5. The molecule has 6 nitrogen and oxygen atoms in total. The minimum absolute atomic E-state index is 0.0563. The van der Waals surface area contributed by atoms with Crippen molar-refractivity contribution in [1.29, 1.82) is 0 Å². The highest BCUT2D eigenvalue weighted by atomic mass is 79.9.